The summed E-state index contributed by atoms with van der Waals surface area (Å²) in [6.07, 6.45) is 8.33. The first-order valence-electron chi connectivity index (χ1n) is 7.97. The molecule has 7 nitrogen and oxygen atoms in total. The van der Waals surface area contributed by atoms with Gasteiger partial charge in [-0.25, -0.2) is 4.68 Å². The topological polar surface area (TPSA) is 98.7 Å². The van der Waals surface area contributed by atoms with Crippen molar-refractivity contribution in [1.29, 1.82) is 0 Å². The van der Waals surface area contributed by atoms with E-state index in [2.05, 4.69) is 20.6 Å². The minimum atomic E-state index is -0.180. The fourth-order valence-electron chi connectivity index (χ4n) is 2.92. The molecule has 1 amide bonds. The summed E-state index contributed by atoms with van der Waals surface area (Å²) in [4.78, 5) is 17.5. The van der Waals surface area contributed by atoms with E-state index in [1.165, 1.54) is 0 Å². The monoisotopic (exact) mass is 334 g/mol. The summed E-state index contributed by atoms with van der Waals surface area (Å²) in [6.45, 7) is 1.98. The maximum absolute atomic E-state index is 12.3. The molecule has 0 spiro atoms. The number of nitrogens with one attached hydrogen (secondary N) is 1. The molecule has 0 radical (unpaired) electrons. The normalized spacial score (nSPS) is 22.7. The van der Waals surface area contributed by atoms with Crippen LogP contribution in [0.3, 0.4) is 0 Å². The number of nitrogens with zero attached hydrogens (tertiary/aromatic N) is 4. The Labute approximate surface area is 139 Å². The van der Waals surface area contributed by atoms with Gasteiger partial charge in [-0.05, 0) is 32.6 Å². The Hall–Kier alpha value is -1.80. The number of carbonyl (C=O) groups is 1. The quantitative estimate of drug-likeness (QED) is 0.864. The molecule has 124 valence electrons. The highest BCUT2D eigenvalue weighted by Gasteiger charge is 2.22. The van der Waals surface area contributed by atoms with Crippen LogP contribution in [-0.2, 0) is 6.42 Å². The van der Waals surface area contributed by atoms with Crippen LogP contribution in [-0.4, -0.2) is 38.0 Å². The first-order valence-corrected chi connectivity index (χ1v) is 8.85. The van der Waals surface area contributed by atoms with Gasteiger partial charge in [-0.2, -0.15) is 0 Å². The number of carbonyl (C=O) groups excluding carboxylic acids is 1. The minimum Gasteiger partial charge on any atom is -0.348 e. The highest BCUT2D eigenvalue weighted by Crippen LogP contribution is 2.26. The predicted octanol–water partition coefficient (Wildman–Crippen LogP) is 1.54. The van der Waals surface area contributed by atoms with Gasteiger partial charge < -0.3 is 11.1 Å². The molecule has 0 aromatic carbocycles. The number of hydrogen-bond donors (Lipinski definition) is 2. The highest BCUT2D eigenvalue weighted by atomic mass is 32.1. The van der Waals surface area contributed by atoms with E-state index in [1.807, 2.05) is 17.8 Å². The number of nitrogens with two attached hydrogens (primary N) is 1. The Morgan fingerprint density at radius 2 is 2.26 bits per heavy atom. The molecule has 1 fully saturated rings. The van der Waals surface area contributed by atoms with Gasteiger partial charge >= 0.3 is 0 Å². The SMILES string of the molecule is C[C@@H](Cc1cncs1)NC(=O)c1cn(C2CCC(N)CC2)nn1. The number of aromatic nitrogens is 4. The Morgan fingerprint density at radius 3 is 2.96 bits per heavy atom. The first kappa shape index (κ1) is 16.1. The number of rotatable bonds is 5. The molecule has 23 heavy (non-hydrogen) atoms. The lowest BCUT2D eigenvalue weighted by atomic mass is 9.92. The minimum absolute atomic E-state index is 0.0285. The highest BCUT2D eigenvalue weighted by molar-refractivity contribution is 7.09. The molecule has 1 aliphatic rings. The zero-order valence-electron chi connectivity index (χ0n) is 13.2. The molecule has 8 heteroatoms. The van der Waals surface area contributed by atoms with Crippen molar-refractivity contribution in [2.75, 3.05) is 0 Å². The van der Waals surface area contributed by atoms with Crippen LogP contribution < -0.4 is 11.1 Å². The molecular formula is C15H22N6OS. The van der Waals surface area contributed by atoms with Crippen LogP contribution in [0.1, 0.15) is 54.0 Å². The zero-order valence-corrected chi connectivity index (χ0v) is 14.0. The molecule has 3 rings (SSSR count). The third-order valence-electron chi connectivity index (χ3n) is 4.23. The van der Waals surface area contributed by atoms with Gasteiger partial charge in [0.2, 0.25) is 0 Å². The second-order valence-electron chi connectivity index (χ2n) is 6.20. The van der Waals surface area contributed by atoms with Crippen LogP contribution in [0, 0.1) is 0 Å². The van der Waals surface area contributed by atoms with E-state index in [1.54, 1.807) is 23.0 Å². The smallest absolute Gasteiger partial charge is 0.273 e. The second-order valence-corrected chi connectivity index (χ2v) is 7.17. The van der Waals surface area contributed by atoms with E-state index < -0.39 is 0 Å². The molecule has 0 bridgehead atoms. The van der Waals surface area contributed by atoms with Crippen LogP contribution in [0.2, 0.25) is 0 Å². The van der Waals surface area contributed by atoms with Gasteiger partial charge in [0.05, 0.1) is 17.7 Å². The molecule has 2 aromatic heterocycles. The Balaban J connectivity index is 1.55. The molecule has 1 atom stereocenters. The molecule has 1 saturated carbocycles. The van der Waals surface area contributed by atoms with Crippen molar-refractivity contribution in [2.45, 2.75) is 57.2 Å². The lowest BCUT2D eigenvalue weighted by Crippen LogP contribution is -2.34. The van der Waals surface area contributed by atoms with E-state index in [9.17, 15) is 4.79 Å². The van der Waals surface area contributed by atoms with Gasteiger partial charge in [-0.15, -0.1) is 16.4 Å². The Bertz CT molecular complexity index is 632. The van der Waals surface area contributed by atoms with Gasteiger partial charge in [0.1, 0.15) is 0 Å². The van der Waals surface area contributed by atoms with Crippen molar-refractivity contribution in [1.82, 2.24) is 25.3 Å². The van der Waals surface area contributed by atoms with E-state index in [0.29, 0.717) is 17.8 Å². The van der Waals surface area contributed by atoms with Gasteiger partial charge in [0, 0.05) is 29.6 Å². The molecule has 3 N–H and O–H groups in total. The van der Waals surface area contributed by atoms with Crippen LogP contribution >= 0.6 is 11.3 Å². The summed E-state index contributed by atoms with van der Waals surface area (Å²) in [7, 11) is 0. The van der Waals surface area contributed by atoms with E-state index in [4.69, 9.17) is 5.73 Å². The number of thiazole rings is 1. The zero-order chi connectivity index (χ0) is 16.2. The van der Waals surface area contributed by atoms with Crippen molar-refractivity contribution in [3.05, 3.63) is 28.5 Å². The maximum Gasteiger partial charge on any atom is 0.273 e. The van der Waals surface area contributed by atoms with Crippen molar-refractivity contribution in [2.24, 2.45) is 5.73 Å². The van der Waals surface area contributed by atoms with Crippen LogP contribution in [0.25, 0.3) is 0 Å². The average Bonchev–Trinajstić information content (AvgIpc) is 3.19. The molecule has 0 aliphatic heterocycles. The summed E-state index contributed by atoms with van der Waals surface area (Å²) in [5.74, 6) is -0.180. The molecule has 1 aliphatic carbocycles. The van der Waals surface area contributed by atoms with E-state index in [-0.39, 0.29) is 11.9 Å². The fourth-order valence-corrected chi connectivity index (χ4v) is 3.64. The van der Waals surface area contributed by atoms with Crippen molar-refractivity contribution in [3.63, 3.8) is 0 Å². The third kappa shape index (κ3) is 4.14. The molecular weight excluding hydrogens is 312 g/mol. The van der Waals surface area contributed by atoms with E-state index in [0.717, 1.165) is 37.0 Å². The molecule has 0 unspecified atom stereocenters. The molecule has 2 aromatic rings. The van der Waals surface area contributed by atoms with Crippen molar-refractivity contribution >= 4 is 17.2 Å². The molecule has 2 heterocycles. The molecule has 0 saturated heterocycles. The van der Waals surface area contributed by atoms with Gasteiger partial charge in [0.25, 0.3) is 5.91 Å². The van der Waals surface area contributed by atoms with Crippen LogP contribution in [0.4, 0.5) is 0 Å². The average molecular weight is 334 g/mol. The summed E-state index contributed by atoms with van der Waals surface area (Å²) in [5, 5.41) is 11.1. The van der Waals surface area contributed by atoms with Gasteiger partial charge in [-0.3, -0.25) is 9.78 Å². The maximum atomic E-state index is 12.3. The number of hydrogen-bond acceptors (Lipinski definition) is 6. The van der Waals surface area contributed by atoms with Crippen molar-refractivity contribution in [3.8, 4) is 0 Å². The van der Waals surface area contributed by atoms with Gasteiger partial charge in [0.15, 0.2) is 5.69 Å². The predicted molar refractivity (Wildman–Crippen MR) is 88.2 cm³/mol. The second kappa shape index (κ2) is 7.18. The number of amides is 1. The van der Waals surface area contributed by atoms with E-state index >= 15 is 0 Å². The summed E-state index contributed by atoms with van der Waals surface area (Å²) >= 11 is 1.59. The van der Waals surface area contributed by atoms with Crippen LogP contribution in [0.15, 0.2) is 17.9 Å². The first-order chi connectivity index (χ1) is 11.1. The van der Waals surface area contributed by atoms with Gasteiger partial charge in [-0.1, -0.05) is 5.21 Å². The lowest BCUT2D eigenvalue weighted by molar-refractivity contribution is 0.0935. The summed E-state index contributed by atoms with van der Waals surface area (Å²) < 4.78 is 1.81. The largest absolute Gasteiger partial charge is 0.348 e. The third-order valence-corrected chi connectivity index (χ3v) is 5.03. The Kier molecular flexibility index (Phi) is 5.02. The lowest BCUT2D eigenvalue weighted by Gasteiger charge is -2.25. The van der Waals surface area contributed by atoms with Crippen LogP contribution in [0.5, 0.6) is 0 Å². The van der Waals surface area contributed by atoms with Crippen molar-refractivity contribution < 1.29 is 4.79 Å². The standard InChI is InChI=1S/C15H22N6OS/c1-10(6-13-7-17-9-23-13)18-15(22)14-8-21(20-19-14)12-4-2-11(16)3-5-12/h7-12H,2-6,16H2,1H3,(H,18,22)/t10-,11?,12?/m0/s1. The summed E-state index contributed by atoms with van der Waals surface area (Å²) in [6, 6.07) is 0.629. The summed E-state index contributed by atoms with van der Waals surface area (Å²) in [5.41, 5.74) is 8.09. The fraction of sp³-hybridized carbons (Fsp3) is 0.600. The Morgan fingerprint density at radius 1 is 1.48 bits per heavy atom.